The highest BCUT2D eigenvalue weighted by Gasteiger charge is 1.99. The average Bonchev–Trinajstić information content (AvgIpc) is 2.80. The van der Waals surface area contributed by atoms with Gasteiger partial charge in [0.15, 0.2) is 0 Å². The van der Waals surface area contributed by atoms with E-state index in [4.69, 9.17) is 4.42 Å². The number of hydrogen-bond acceptors (Lipinski definition) is 4. The molecule has 2 rings (SSSR count). The molecule has 0 aliphatic rings. The molecule has 0 atom stereocenters. The standard InChI is InChI=1S/C14H18N2OS/c1-11-8-12(2)16-14(9-11)18-7-5-15-10-13-4-3-6-17-13/h3-4,6,8-9,15H,5,7,10H2,1-2H3. The Bertz CT molecular complexity index is 462. The number of furan rings is 1. The molecule has 0 amide bonds. The minimum absolute atomic E-state index is 0.786. The van der Waals surface area contributed by atoms with Gasteiger partial charge in [-0.15, -0.1) is 11.8 Å². The minimum atomic E-state index is 0.786. The lowest BCUT2D eigenvalue weighted by Crippen LogP contribution is -2.16. The fourth-order valence-electron chi connectivity index (χ4n) is 1.73. The van der Waals surface area contributed by atoms with E-state index < -0.39 is 0 Å². The van der Waals surface area contributed by atoms with E-state index in [9.17, 15) is 0 Å². The SMILES string of the molecule is Cc1cc(C)nc(SCCNCc2ccco2)c1. The number of aromatic nitrogens is 1. The molecule has 0 aliphatic heterocycles. The fraction of sp³-hybridized carbons (Fsp3) is 0.357. The third-order valence-corrected chi connectivity index (χ3v) is 3.40. The molecule has 0 unspecified atom stereocenters. The molecule has 0 aliphatic carbocycles. The molecule has 4 heteroatoms. The highest BCUT2D eigenvalue weighted by atomic mass is 32.2. The topological polar surface area (TPSA) is 38.1 Å². The normalized spacial score (nSPS) is 10.8. The fourth-order valence-corrected chi connectivity index (χ4v) is 2.66. The second-order valence-electron chi connectivity index (χ2n) is 4.23. The van der Waals surface area contributed by atoms with Crippen molar-refractivity contribution in [1.82, 2.24) is 10.3 Å². The Morgan fingerprint density at radius 1 is 1.33 bits per heavy atom. The summed E-state index contributed by atoms with van der Waals surface area (Å²) in [5.41, 5.74) is 2.36. The number of nitrogens with zero attached hydrogens (tertiary/aromatic N) is 1. The monoisotopic (exact) mass is 262 g/mol. The lowest BCUT2D eigenvalue weighted by atomic mass is 10.3. The molecule has 3 nitrogen and oxygen atoms in total. The lowest BCUT2D eigenvalue weighted by molar-refractivity contribution is 0.488. The van der Waals surface area contributed by atoms with Crippen molar-refractivity contribution < 1.29 is 4.42 Å². The van der Waals surface area contributed by atoms with Crippen molar-refractivity contribution >= 4 is 11.8 Å². The average molecular weight is 262 g/mol. The van der Waals surface area contributed by atoms with Crippen molar-refractivity contribution in [1.29, 1.82) is 0 Å². The van der Waals surface area contributed by atoms with Gasteiger partial charge in [-0.3, -0.25) is 0 Å². The summed E-state index contributed by atoms with van der Waals surface area (Å²) >= 11 is 1.78. The van der Waals surface area contributed by atoms with Crippen LogP contribution in [0.4, 0.5) is 0 Å². The lowest BCUT2D eigenvalue weighted by Gasteiger charge is -2.04. The number of aryl methyl sites for hydroxylation is 2. The molecule has 0 spiro atoms. The Kier molecular flexibility index (Phi) is 4.84. The van der Waals surface area contributed by atoms with Gasteiger partial charge in [-0.1, -0.05) is 0 Å². The molecular weight excluding hydrogens is 244 g/mol. The van der Waals surface area contributed by atoms with Crippen molar-refractivity contribution in [3.63, 3.8) is 0 Å². The van der Waals surface area contributed by atoms with E-state index in [2.05, 4.69) is 29.4 Å². The first-order valence-electron chi connectivity index (χ1n) is 6.05. The van der Waals surface area contributed by atoms with Gasteiger partial charge in [-0.2, -0.15) is 0 Å². The first-order chi connectivity index (χ1) is 8.74. The van der Waals surface area contributed by atoms with Gasteiger partial charge in [0.25, 0.3) is 0 Å². The quantitative estimate of drug-likeness (QED) is 0.641. The molecular formula is C14H18N2OS. The first-order valence-corrected chi connectivity index (χ1v) is 7.04. The van der Waals surface area contributed by atoms with E-state index in [0.29, 0.717) is 0 Å². The Hall–Kier alpha value is -1.26. The second-order valence-corrected chi connectivity index (χ2v) is 5.34. The summed E-state index contributed by atoms with van der Waals surface area (Å²) in [4.78, 5) is 4.50. The van der Waals surface area contributed by atoms with Crippen LogP contribution in [0.3, 0.4) is 0 Å². The first kappa shape index (κ1) is 13.2. The summed E-state index contributed by atoms with van der Waals surface area (Å²) in [6.07, 6.45) is 1.70. The number of rotatable bonds is 6. The van der Waals surface area contributed by atoms with E-state index in [0.717, 1.165) is 35.3 Å². The third kappa shape index (κ3) is 4.20. The number of pyridine rings is 1. The van der Waals surface area contributed by atoms with Crippen molar-refractivity contribution in [2.24, 2.45) is 0 Å². The third-order valence-electron chi connectivity index (χ3n) is 2.48. The predicted molar refractivity (Wildman–Crippen MR) is 74.8 cm³/mol. The number of thioether (sulfide) groups is 1. The highest BCUT2D eigenvalue weighted by molar-refractivity contribution is 7.99. The van der Waals surface area contributed by atoms with Gasteiger partial charge in [0.05, 0.1) is 17.8 Å². The van der Waals surface area contributed by atoms with Crippen LogP contribution in [0.5, 0.6) is 0 Å². The van der Waals surface area contributed by atoms with E-state index in [1.807, 2.05) is 19.1 Å². The van der Waals surface area contributed by atoms with Gasteiger partial charge >= 0.3 is 0 Å². The molecule has 2 heterocycles. The van der Waals surface area contributed by atoms with Gasteiger partial charge in [0, 0.05) is 18.0 Å². The summed E-state index contributed by atoms with van der Waals surface area (Å²) < 4.78 is 5.25. The molecule has 2 aromatic heterocycles. The van der Waals surface area contributed by atoms with Gasteiger partial charge in [-0.25, -0.2) is 4.98 Å². The maximum atomic E-state index is 5.25. The maximum absolute atomic E-state index is 5.25. The summed E-state index contributed by atoms with van der Waals surface area (Å²) in [6, 6.07) is 8.11. The van der Waals surface area contributed by atoms with Crippen LogP contribution < -0.4 is 5.32 Å². The second kappa shape index (κ2) is 6.61. The molecule has 0 radical (unpaired) electrons. The molecule has 0 saturated heterocycles. The molecule has 96 valence electrons. The Morgan fingerprint density at radius 2 is 2.22 bits per heavy atom. The zero-order chi connectivity index (χ0) is 12.8. The summed E-state index contributed by atoms with van der Waals surface area (Å²) in [5.74, 6) is 1.99. The van der Waals surface area contributed by atoms with Crippen LogP contribution in [0.15, 0.2) is 40.0 Å². The molecule has 0 bridgehead atoms. The molecule has 1 N–H and O–H groups in total. The minimum Gasteiger partial charge on any atom is -0.468 e. The molecule has 2 aromatic rings. The predicted octanol–water partition coefficient (Wildman–Crippen LogP) is 3.17. The van der Waals surface area contributed by atoms with Crippen molar-refractivity contribution in [3.05, 3.63) is 47.5 Å². The van der Waals surface area contributed by atoms with Gasteiger partial charge in [0.1, 0.15) is 5.76 Å². The van der Waals surface area contributed by atoms with Crippen LogP contribution in [-0.2, 0) is 6.54 Å². The summed E-state index contributed by atoms with van der Waals surface area (Å²) in [7, 11) is 0. The van der Waals surface area contributed by atoms with Gasteiger partial charge in [-0.05, 0) is 43.7 Å². The van der Waals surface area contributed by atoms with Crippen molar-refractivity contribution in [3.8, 4) is 0 Å². The molecule has 0 aromatic carbocycles. The van der Waals surface area contributed by atoms with Crippen LogP contribution in [0, 0.1) is 13.8 Å². The highest BCUT2D eigenvalue weighted by Crippen LogP contribution is 2.16. The zero-order valence-electron chi connectivity index (χ0n) is 10.8. The largest absolute Gasteiger partial charge is 0.468 e. The zero-order valence-corrected chi connectivity index (χ0v) is 11.6. The van der Waals surface area contributed by atoms with Crippen molar-refractivity contribution in [2.45, 2.75) is 25.4 Å². The molecule has 0 fully saturated rings. The smallest absolute Gasteiger partial charge is 0.117 e. The summed E-state index contributed by atoms with van der Waals surface area (Å²) in [5, 5.41) is 4.45. The van der Waals surface area contributed by atoms with Crippen LogP contribution in [-0.4, -0.2) is 17.3 Å². The van der Waals surface area contributed by atoms with Gasteiger partial charge < -0.3 is 9.73 Å². The van der Waals surface area contributed by atoms with Crippen LogP contribution in [0.1, 0.15) is 17.0 Å². The van der Waals surface area contributed by atoms with Crippen LogP contribution in [0.25, 0.3) is 0 Å². The Morgan fingerprint density at radius 3 is 2.94 bits per heavy atom. The maximum Gasteiger partial charge on any atom is 0.117 e. The molecule has 18 heavy (non-hydrogen) atoms. The van der Waals surface area contributed by atoms with Crippen LogP contribution in [0.2, 0.25) is 0 Å². The van der Waals surface area contributed by atoms with Crippen LogP contribution >= 0.6 is 11.8 Å². The molecule has 0 saturated carbocycles. The van der Waals surface area contributed by atoms with E-state index in [1.165, 1.54) is 5.56 Å². The number of hydrogen-bond donors (Lipinski definition) is 1. The Labute approximate surface area is 112 Å². The van der Waals surface area contributed by atoms with Gasteiger partial charge in [0.2, 0.25) is 0 Å². The van der Waals surface area contributed by atoms with E-state index in [1.54, 1.807) is 18.0 Å². The number of nitrogens with one attached hydrogen (secondary N) is 1. The summed E-state index contributed by atoms with van der Waals surface area (Å²) in [6.45, 7) is 5.87. The van der Waals surface area contributed by atoms with Crippen molar-refractivity contribution in [2.75, 3.05) is 12.3 Å². The van der Waals surface area contributed by atoms with E-state index in [-0.39, 0.29) is 0 Å². The van der Waals surface area contributed by atoms with E-state index >= 15 is 0 Å². The Balaban J connectivity index is 1.68.